The Morgan fingerprint density at radius 2 is 0.949 bits per heavy atom. The molecule has 5 heterocycles. The fourth-order valence-corrected chi connectivity index (χ4v) is 28.3. The van der Waals surface area contributed by atoms with Crippen LogP contribution in [-0.4, -0.2) is 218 Å². The molecule has 0 unspecified atom stereocenters. The molecule has 8 rings (SSSR count). The number of ether oxygens (including phenoxy) is 10. The molecule has 0 bridgehead atoms. The summed E-state index contributed by atoms with van der Waals surface area (Å²) in [7, 11) is 29.0. The first-order valence-electron chi connectivity index (χ1n) is 40.5. The van der Waals surface area contributed by atoms with Gasteiger partial charge in [0.2, 0.25) is 30.2 Å². The van der Waals surface area contributed by atoms with Crippen molar-refractivity contribution in [3.05, 3.63) is 105 Å². The minimum absolute atomic E-state index is 0. The average molecular weight is 2420 g/mol. The van der Waals surface area contributed by atoms with Crippen LogP contribution >= 0.6 is 13.5 Å². The fraction of sp³-hybridized carbons (Fsp3) is 0.659. The second-order valence-electron chi connectivity index (χ2n) is 27.2. The van der Waals surface area contributed by atoms with E-state index in [1.165, 1.54) is 151 Å². The molecule has 54 heteroatoms. The predicted octanol–water partition coefficient (Wildman–Crippen LogP) is 7.72. The predicted molar refractivity (Wildman–Crippen MR) is 619 cm³/mol. The van der Waals surface area contributed by atoms with E-state index in [1.54, 1.807) is 65.8 Å². The molecule has 3 aliphatic carbocycles. The third-order valence-electron chi connectivity index (χ3n) is 17.9. The molecule has 776 valence electrons. The fourth-order valence-electron chi connectivity index (χ4n) is 11.8. The molecule has 8 fully saturated rings. The van der Waals surface area contributed by atoms with Crippen LogP contribution in [0.2, 0.25) is 0 Å². The zero-order valence-electron chi connectivity index (χ0n) is 79.4. The average Bonchev–Trinajstić information content (AvgIpc) is 1.69. The molecule has 0 aromatic heterocycles. The normalized spacial score (nSPS) is 20.4. The Hall–Kier alpha value is 0.417. The molecular weight excluding hydrogens is 2280 g/mol. The Balaban J connectivity index is -0.000000186. The summed E-state index contributed by atoms with van der Waals surface area (Å²) in [5.74, 6) is 10.1. The number of nitrogens with zero attached hydrogens (tertiary/aromatic N) is 3. The summed E-state index contributed by atoms with van der Waals surface area (Å²) < 4.78 is 52.1. The van der Waals surface area contributed by atoms with Crippen molar-refractivity contribution in [3.63, 3.8) is 0 Å². The van der Waals surface area contributed by atoms with Crippen molar-refractivity contribution in [2.24, 2.45) is 59.2 Å². The van der Waals surface area contributed by atoms with Crippen LogP contribution in [0.4, 0.5) is 0 Å². The van der Waals surface area contributed by atoms with Crippen LogP contribution in [0, 0.1) is 90.3 Å². The number of terminal acetylenes is 1. The maximum absolute atomic E-state index is 11.8. The third kappa shape index (κ3) is 87.4. The number of carbonyl (C=O) groups excluding carboxylic acids is 7. The molecule has 5 saturated heterocycles. The van der Waals surface area contributed by atoms with E-state index in [1.807, 2.05) is 76.3 Å². The van der Waals surface area contributed by atoms with E-state index in [0.29, 0.717) is 134 Å². The van der Waals surface area contributed by atoms with Crippen LogP contribution < -0.4 is 18.9 Å². The number of rotatable bonds is 24. The first-order valence-corrected chi connectivity index (χ1v) is 68.5. The van der Waals surface area contributed by atoms with Crippen LogP contribution in [0.15, 0.2) is 98.2 Å². The van der Waals surface area contributed by atoms with Gasteiger partial charge in [-0.25, -0.2) is 15.2 Å². The van der Waals surface area contributed by atoms with Gasteiger partial charge < -0.3 is 64.5 Å². The molecule has 12 atom stereocenters. The van der Waals surface area contributed by atoms with Gasteiger partial charge in [0, 0.05) is 345 Å². The van der Waals surface area contributed by atoms with Gasteiger partial charge in [0.1, 0.15) is 5.78 Å². The zero-order valence-corrected chi connectivity index (χ0v) is 102. The first-order chi connectivity index (χ1) is 64.1. The van der Waals surface area contributed by atoms with E-state index in [4.69, 9.17) is 58.6 Å². The Kier molecular flexibility index (Phi) is 126. The number of carbonyl (C=O) groups is 7. The Bertz CT molecular complexity index is 4210. The van der Waals surface area contributed by atoms with Gasteiger partial charge in [-0.1, -0.05) is 109 Å². The van der Waals surface area contributed by atoms with Crippen molar-refractivity contribution < 1.29 is 125 Å². The summed E-state index contributed by atoms with van der Waals surface area (Å²) in [4.78, 5) is 93.0. The quantitative estimate of drug-likeness (QED) is 0.0137. The molecule has 8 aliphatic rings. The smallest absolute Gasteiger partial charge is 0.393 e. The molecule has 0 radical (unpaired) electrons. The number of amides is 3. The molecule has 2 N–H and O–H groups in total. The Labute approximate surface area is 930 Å². The van der Waals surface area contributed by atoms with Gasteiger partial charge in [0.15, 0.2) is 30.4 Å². The molecule has 3 saturated carbocycles. The number of hydrogen-bond donors (Lipinski definition) is 2. The van der Waals surface area contributed by atoms with E-state index >= 15 is 0 Å². The van der Waals surface area contributed by atoms with Gasteiger partial charge in [-0.05, 0) is 111 Å². The van der Waals surface area contributed by atoms with Crippen molar-refractivity contribution in [3.8, 4) is 24.2 Å². The molecule has 5 aliphatic heterocycles. The first kappa shape index (κ1) is 154. The molecule has 0 aromatic rings. The molecule has 0 spiro atoms. The minimum atomic E-state index is -0.722. The van der Waals surface area contributed by atoms with Gasteiger partial charge >= 0.3 is 18.9 Å². The standard InChI is InChI=1S/C12H20O3.C12H18O3.2C12H16O3.C9H17NO2.C8H15NO3.C8H13NO3.C5H6O2.C4H9.Li.S7.S6.S5.S4.S3.S2.H2S/c3*1-3-9-8(2)6-11(13)10(9)7-12-14-4-5-15-12;1-3-4-10(2)9-11(13)5-6-12-14-7-8-15-12;1-5-6-8(2)7-9(11)10(3)12-4;2*1-4-5-7(10)6-8(11)9(2)12-3;1-2-5-6-3-4-7-5;1-3-4-2;;1-3-5-7-6-4-2;1-3-5-6-4-2;1-3-5-4-2;1-3-4-2;1-3-2;1-2;/h3,8-13H,1,4-7H2,2H3;3,8-10,12H,1,4-7H2,2H3;3,7-9,12H,1,4-6H2,2H3;3-4,10,12H,7-9H2,1-2H3;5-6,8H,7H2,1-4H3;4-5,7,10H,6H2,1-3H3;4-5H,6H2,1-3H3;1,5H,3-4H2;1,3-4H2,2H3;;;;;;;;1H2/q;;;;;;;;-1;+1;;;;;;;/b;;10-7-;4-3+;6-5+;2*5-4+;;;;;;;;;;/t8-,9+,10-,11+;8-,9+,10-;8-,9+;10-;8-;7-;;;;;;;;;;;/m111000.........../s1. The van der Waals surface area contributed by atoms with E-state index < -0.39 is 12.4 Å². The number of unbranched alkanes of at least 4 members (excludes halogenated alkanes) is 1. The number of Topliss-reactive ketones (excluding diaryl/α,β-unsaturated/α-hetero) is 3. The van der Waals surface area contributed by atoms with Gasteiger partial charge in [0.25, 0.3) is 5.91 Å². The van der Waals surface area contributed by atoms with Gasteiger partial charge in [-0.15, -0.1) is 26.2 Å². The third-order valence-corrected chi connectivity index (χ3v) is 40.1. The van der Waals surface area contributed by atoms with Crippen molar-refractivity contribution in [2.75, 3.05) is 109 Å². The number of ketones is 4. The maximum atomic E-state index is 11.8. The van der Waals surface area contributed by atoms with Crippen molar-refractivity contribution in [1.29, 1.82) is 0 Å². The number of allylic oxidation sites excluding steroid dienone is 11. The molecule has 25 nitrogen and oxygen atoms in total. The zero-order chi connectivity index (χ0) is 103. The molecular formula is C82H132LiN3O22S28. The Morgan fingerprint density at radius 3 is 1.32 bits per heavy atom. The topological polar surface area (TPSA) is 290 Å². The van der Waals surface area contributed by atoms with Crippen LogP contribution in [0.1, 0.15) is 140 Å². The van der Waals surface area contributed by atoms with Crippen LogP contribution in [0.25, 0.3) is 0 Å². The maximum Gasteiger partial charge on any atom is 1.00 e. The summed E-state index contributed by atoms with van der Waals surface area (Å²) >= 11 is 51.3. The number of aliphatic hydroxyl groups is 2. The summed E-state index contributed by atoms with van der Waals surface area (Å²) in [6.45, 7) is 41.2. The van der Waals surface area contributed by atoms with E-state index in [2.05, 4.69) is 216 Å². The van der Waals surface area contributed by atoms with Gasteiger partial charge in [-0.3, -0.25) is 48.1 Å². The number of hydrogen-bond acceptors (Lipinski definition) is 34. The minimum Gasteiger partial charge on any atom is -0.393 e. The largest absolute Gasteiger partial charge is 1.00 e. The van der Waals surface area contributed by atoms with Crippen LogP contribution in [0.5, 0.6) is 0 Å². The summed E-state index contributed by atoms with van der Waals surface area (Å²) in [6.07, 6.45) is 30.9. The van der Waals surface area contributed by atoms with E-state index in [0.717, 1.165) is 43.8 Å². The molecule has 3 amide bonds. The molecule has 0 aromatic carbocycles. The second kappa shape index (κ2) is 111. The molecule has 136 heavy (non-hydrogen) atoms. The van der Waals surface area contributed by atoms with Gasteiger partial charge in [0.05, 0.1) is 112 Å². The van der Waals surface area contributed by atoms with Crippen molar-refractivity contribution in [1.82, 2.24) is 15.2 Å². The second-order valence-corrected chi connectivity index (χ2v) is 53.7. The van der Waals surface area contributed by atoms with E-state index in [-0.39, 0.29) is 141 Å². The van der Waals surface area contributed by atoms with Gasteiger partial charge in [-0.2, -0.15) is 19.9 Å². The van der Waals surface area contributed by atoms with Crippen molar-refractivity contribution in [2.45, 2.75) is 184 Å². The summed E-state index contributed by atoms with van der Waals surface area (Å²) in [5, 5.41) is 22.5. The Morgan fingerprint density at radius 1 is 0.551 bits per heavy atom. The monoisotopic (exact) mass is 2410 g/mol. The summed E-state index contributed by atoms with van der Waals surface area (Å²) in [6, 6.07) is 0. The van der Waals surface area contributed by atoms with E-state index in [9.17, 15) is 43.8 Å². The number of aliphatic hydroxyl groups excluding tert-OH is 2. The van der Waals surface area contributed by atoms with Crippen LogP contribution in [-0.2, 0) is 363 Å². The summed E-state index contributed by atoms with van der Waals surface area (Å²) in [5.41, 5.74) is 0.810. The van der Waals surface area contributed by atoms with Crippen molar-refractivity contribution >= 4 is 322 Å². The number of hydroxylamine groups is 6. The SMILES string of the molecule is C#CC1OCCO1.C/C=C/C(=O)CC(=O)N(C)OC.C/C=C/[C@H](C)CC(=O)C#CC1OCCO1.C/C=C/[C@H](C)CC(=O)N(C)OC.C/C=C/[C@H](O)CC(=O)N(C)OC.C=C[C@@H]1/C(=C/C2OCCO2)C(=O)C[C@H]1C.C=C[C@@H]1[C@@H](CC2OCCO2)[C@@H](O)C[C@H]1C.C=C[C@H]1[C@H](C)CC(=O)[C@@H]1CC1OCCO1.S.S=S.S=S=S.S=S=S=S.S=S=S=S=S.S=S=S=S=S=S.S=S=S=S=S=S=S.[CH2-]CCC.[Li+]. The van der Waals surface area contributed by atoms with Crippen LogP contribution in [0.3, 0.4) is 0 Å².